The van der Waals surface area contributed by atoms with E-state index < -0.39 is 97.5 Å². The number of unbranched alkanes of at least 4 members (excludes halogenated alkanes) is 35. The van der Waals surface area contributed by atoms with E-state index >= 15 is 0 Å². The first kappa shape index (κ1) is 87.5. The fraction of sp³-hybridized carbons (Fsp3) is 0.887. The molecule has 0 aliphatic carbocycles. The van der Waals surface area contributed by atoms with Crippen LogP contribution in [-0.2, 0) is 65.4 Å². The van der Waals surface area contributed by atoms with Gasteiger partial charge >= 0.3 is 39.5 Å². The summed E-state index contributed by atoms with van der Waals surface area (Å²) < 4.78 is 68.2. The van der Waals surface area contributed by atoms with Gasteiger partial charge in [-0.3, -0.25) is 37.3 Å². The van der Waals surface area contributed by atoms with Crippen LogP contribution in [0.3, 0.4) is 0 Å². The summed E-state index contributed by atoms with van der Waals surface area (Å²) in [6.45, 7) is 9.36. The molecule has 0 aromatic heterocycles. The molecule has 530 valence electrons. The van der Waals surface area contributed by atoms with Crippen LogP contribution in [0.1, 0.15) is 337 Å². The van der Waals surface area contributed by atoms with Crippen molar-refractivity contribution in [1.29, 1.82) is 0 Å². The minimum absolute atomic E-state index is 0.0851. The molecular weight excluding hydrogens is 1190 g/mol. The molecule has 0 radical (unpaired) electrons. The Balaban J connectivity index is 5.28. The molecule has 0 heterocycles. The normalized spacial score (nSPS) is 14.3. The first-order chi connectivity index (χ1) is 43.4. The van der Waals surface area contributed by atoms with Crippen LogP contribution < -0.4 is 0 Å². The number of aliphatic hydroxyl groups is 1. The first-order valence-electron chi connectivity index (χ1n) is 36.3. The van der Waals surface area contributed by atoms with Gasteiger partial charge in [-0.1, -0.05) is 284 Å². The van der Waals surface area contributed by atoms with E-state index in [1.165, 1.54) is 135 Å². The van der Waals surface area contributed by atoms with Crippen molar-refractivity contribution in [2.75, 3.05) is 39.6 Å². The Morgan fingerprint density at radius 3 is 0.911 bits per heavy atom. The second-order valence-corrected chi connectivity index (χ2v) is 28.8. The molecular formula is C71H134O17P2. The molecule has 0 fully saturated rings. The second-order valence-electron chi connectivity index (χ2n) is 25.9. The van der Waals surface area contributed by atoms with Crippen molar-refractivity contribution in [1.82, 2.24) is 0 Å². The van der Waals surface area contributed by atoms with Gasteiger partial charge in [0, 0.05) is 25.7 Å². The lowest BCUT2D eigenvalue weighted by atomic mass is 10.0. The summed E-state index contributed by atoms with van der Waals surface area (Å²) in [7, 11) is -9.91. The summed E-state index contributed by atoms with van der Waals surface area (Å²) >= 11 is 0. The maximum absolute atomic E-state index is 13.0. The molecule has 0 amide bonds. The van der Waals surface area contributed by atoms with E-state index in [2.05, 4.69) is 65.8 Å². The molecule has 0 spiro atoms. The number of carbonyl (C=O) groups excluding carboxylic acids is 4. The summed E-state index contributed by atoms with van der Waals surface area (Å²) in [5.74, 6) is -0.759. The molecule has 0 aromatic carbocycles. The largest absolute Gasteiger partial charge is 0.472 e. The Bertz CT molecular complexity index is 1850. The zero-order chi connectivity index (χ0) is 66.5. The van der Waals surface area contributed by atoms with Crippen molar-refractivity contribution in [3.63, 3.8) is 0 Å². The number of carbonyl (C=O) groups is 4. The number of ether oxygens (including phenoxy) is 4. The number of hydrogen-bond acceptors (Lipinski definition) is 15. The van der Waals surface area contributed by atoms with Crippen LogP contribution in [0.5, 0.6) is 0 Å². The third-order valence-electron chi connectivity index (χ3n) is 15.8. The fourth-order valence-corrected chi connectivity index (χ4v) is 11.8. The van der Waals surface area contributed by atoms with E-state index in [1.54, 1.807) is 0 Å². The molecule has 0 rings (SSSR count). The Morgan fingerprint density at radius 1 is 0.344 bits per heavy atom. The summed E-state index contributed by atoms with van der Waals surface area (Å²) in [6.07, 6.45) is 50.9. The van der Waals surface area contributed by atoms with Crippen molar-refractivity contribution in [3.05, 3.63) is 24.3 Å². The molecule has 0 aliphatic heterocycles. The fourth-order valence-electron chi connectivity index (χ4n) is 10.2. The molecule has 90 heavy (non-hydrogen) atoms. The minimum atomic E-state index is -4.96. The van der Waals surface area contributed by atoms with Gasteiger partial charge in [0.2, 0.25) is 0 Å². The van der Waals surface area contributed by atoms with Gasteiger partial charge in [-0.25, -0.2) is 9.13 Å². The predicted molar refractivity (Wildman–Crippen MR) is 363 cm³/mol. The molecule has 0 aromatic rings. The highest BCUT2D eigenvalue weighted by Gasteiger charge is 2.30. The van der Waals surface area contributed by atoms with Crippen molar-refractivity contribution >= 4 is 39.5 Å². The Morgan fingerprint density at radius 2 is 0.600 bits per heavy atom. The van der Waals surface area contributed by atoms with Gasteiger partial charge < -0.3 is 33.8 Å². The van der Waals surface area contributed by atoms with Crippen LogP contribution >= 0.6 is 15.6 Å². The SMILES string of the molecule is CCCCCC/C=C\C=C/CCCCCCCC(=O)O[C@H](COC(=O)CCCCCCCCCCCCCCCCC)COP(=O)(O)OC[C@@H](O)COP(=O)(O)OC[C@@H](COC(=O)CCCCCCCCCC(C)C)OC(=O)CCCCCCCCCC(C)C. The molecule has 0 bridgehead atoms. The van der Waals surface area contributed by atoms with Crippen LogP contribution in [0, 0.1) is 11.8 Å². The number of rotatable bonds is 68. The molecule has 0 saturated carbocycles. The highest BCUT2D eigenvalue weighted by molar-refractivity contribution is 7.47. The number of phosphoric acid groups is 2. The van der Waals surface area contributed by atoms with E-state index in [0.717, 1.165) is 109 Å². The highest BCUT2D eigenvalue weighted by Crippen LogP contribution is 2.45. The second kappa shape index (κ2) is 62.6. The van der Waals surface area contributed by atoms with Gasteiger partial charge in [0.05, 0.1) is 26.4 Å². The Hall–Kier alpha value is -2.46. The lowest BCUT2D eigenvalue weighted by molar-refractivity contribution is -0.161. The van der Waals surface area contributed by atoms with E-state index in [4.69, 9.17) is 37.0 Å². The average Bonchev–Trinajstić information content (AvgIpc) is 2.91. The van der Waals surface area contributed by atoms with E-state index in [0.29, 0.717) is 37.5 Å². The summed E-state index contributed by atoms with van der Waals surface area (Å²) in [5.41, 5.74) is 0. The topological polar surface area (TPSA) is 237 Å². The molecule has 3 N–H and O–H groups in total. The number of aliphatic hydroxyl groups excluding tert-OH is 1. The molecule has 2 unspecified atom stereocenters. The lowest BCUT2D eigenvalue weighted by Crippen LogP contribution is -2.30. The van der Waals surface area contributed by atoms with Gasteiger partial charge in [-0.05, 0) is 63.2 Å². The molecule has 0 saturated heterocycles. The average molecular weight is 1320 g/mol. The van der Waals surface area contributed by atoms with Crippen LogP contribution in [0.4, 0.5) is 0 Å². The van der Waals surface area contributed by atoms with E-state index in [9.17, 15) is 43.2 Å². The molecule has 19 heteroatoms. The smallest absolute Gasteiger partial charge is 0.462 e. The molecule has 5 atom stereocenters. The Labute approximate surface area is 548 Å². The van der Waals surface area contributed by atoms with Crippen LogP contribution in [0.15, 0.2) is 24.3 Å². The quantitative estimate of drug-likeness (QED) is 0.0169. The van der Waals surface area contributed by atoms with Crippen LogP contribution in [0.25, 0.3) is 0 Å². The highest BCUT2D eigenvalue weighted by atomic mass is 31.2. The monoisotopic (exact) mass is 1320 g/mol. The summed E-state index contributed by atoms with van der Waals surface area (Å²) in [5, 5.41) is 10.6. The van der Waals surface area contributed by atoms with Gasteiger partial charge in [-0.15, -0.1) is 0 Å². The van der Waals surface area contributed by atoms with Crippen molar-refractivity contribution in [2.24, 2.45) is 11.8 Å². The third kappa shape index (κ3) is 64.3. The maximum atomic E-state index is 13.0. The summed E-state index contributed by atoms with van der Waals surface area (Å²) in [4.78, 5) is 72.5. The lowest BCUT2D eigenvalue weighted by Gasteiger charge is -2.21. The van der Waals surface area contributed by atoms with E-state index in [-0.39, 0.29) is 25.7 Å². The first-order valence-corrected chi connectivity index (χ1v) is 39.3. The molecule has 17 nitrogen and oxygen atoms in total. The molecule has 0 aliphatic rings. The van der Waals surface area contributed by atoms with Crippen molar-refractivity contribution < 1.29 is 80.2 Å². The summed E-state index contributed by atoms with van der Waals surface area (Å²) in [6, 6.07) is 0. The van der Waals surface area contributed by atoms with Gasteiger partial charge in [0.15, 0.2) is 12.2 Å². The zero-order valence-electron chi connectivity index (χ0n) is 57.9. The van der Waals surface area contributed by atoms with Gasteiger partial charge in [0.25, 0.3) is 0 Å². The van der Waals surface area contributed by atoms with Gasteiger partial charge in [0.1, 0.15) is 19.3 Å². The van der Waals surface area contributed by atoms with E-state index in [1.807, 2.05) is 0 Å². The number of hydrogen-bond donors (Lipinski definition) is 3. The van der Waals surface area contributed by atoms with Crippen LogP contribution in [0.2, 0.25) is 0 Å². The van der Waals surface area contributed by atoms with Crippen molar-refractivity contribution in [3.8, 4) is 0 Å². The van der Waals surface area contributed by atoms with Gasteiger partial charge in [-0.2, -0.15) is 0 Å². The predicted octanol–water partition coefficient (Wildman–Crippen LogP) is 19.9. The number of esters is 4. The van der Waals surface area contributed by atoms with Crippen LogP contribution in [-0.4, -0.2) is 96.7 Å². The standard InChI is InChI=1S/C71H134O17P2/c1-7-9-11-13-15-17-19-21-23-25-27-29-35-41-47-53-68(73)81-59-66(87-70(75)55-49-43-36-30-28-26-24-22-20-18-16-14-12-10-8-2)61-85-89(77,78)83-57-65(72)58-84-90(79,80)86-62-67(88-71(76)56-50-44-38-32-34-40-46-52-64(5)6)60-82-69(74)54-48-42-37-31-33-39-45-51-63(3)4/h18,20,22,24,63-67,72H,7-17,19,21,23,25-62H2,1-6H3,(H,77,78)(H,79,80)/b20-18-,24-22-/t65-,66-,67-/m1/s1. The minimum Gasteiger partial charge on any atom is -0.462 e. The third-order valence-corrected chi connectivity index (χ3v) is 17.7. The van der Waals surface area contributed by atoms with Crippen molar-refractivity contribution in [2.45, 2.75) is 355 Å². The zero-order valence-corrected chi connectivity index (χ0v) is 59.7. The number of phosphoric ester groups is 2. The maximum Gasteiger partial charge on any atom is 0.472 e. The Kier molecular flexibility index (Phi) is 60.9. The number of allylic oxidation sites excluding steroid dienone is 4.